The standard InChI is InChI=1S/C23H23N3O5/c1-23(17-9-10-17)21(29)26(22(30)25-23)13-20(28)31-14-19(27)24-18-11-7-16(8-12-18)15-5-3-2-4-6-15/h2-8,11-12,17H,9-10,13-14H2,1H3,(H,24,27)(H,25,30)/t23-/m1/s1. The quantitative estimate of drug-likeness (QED) is 0.528. The van der Waals surface area contributed by atoms with Crippen molar-refractivity contribution < 1.29 is 23.9 Å². The molecule has 0 unspecified atom stereocenters. The van der Waals surface area contributed by atoms with Crippen LogP contribution in [0.3, 0.4) is 0 Å². The smallest absolute Gasteiger partial charge is 0.326 e. The number of urea groups is 1. The Morgan fingerprint density at radius 1 is 1.06 bits per heavy atom. The molecule has 1 atom stereocenters. The maximum atomic E-state index is 12.5. The molecule has 0 radical (unpaired) electrons. The van der Waals surface area contributed by atoms with Gasteiger partial charge in [-0.05, 0) is 48.9 Å². The molecule has 2 aliphatic rings. The SMILES string of the molecule is C[C@]1(C2CC2)NC(=O)N(CC(=O)OCC(=O)Nc2ccc(-c3ccccc3)cc2)C1=O. The summed E-state index contributed by atoms with van der Waals surface area (Å²) in [7, 11) is 0. The molecule has 1 aliphatic carbocycles. The Morgan fingerprint density at radius 3 is 2.35 bits per heavy atom. The number of ether oxygens (including phenoxy) is 1. The first-order valence-corrected chi connectivity index (χ1v) is 10.1. The van der Waals surface area contributed by atoms with Crippen molar-refractivity contribution >= 4 is 29.5 Å². The van der Waals surface area contributed by atoms with Crippen molar-refractivity contribution in [3.8, 4) is 11.1 Å². The van der Waals surface area contributed by atoms with E-state index in [1.807, 2.05) is 42.5 Å². The second kappa shape index (κ2) is 8.22. The van der Waals surface area contributed by atoms with Gasteiger partial charge in [0.05, 0.1) is 0 Å². The molecule has 2 N–H and O–H groups in total. The van der Waals surface area contributed by atoms with E-state index in [1.165, 1.54) is 0 Å². The Morgan fingerprint density at radius 2 is 1.71 bits per heavy atom. The molecular formula is C23H23N3O5. The number of imide groups is 1. The molecule has 160 valence electrons. The number of rotatable bonds is 7. The monoisotopic (exact) mass is 421 g/mol. The minimum Gasteiger partial charge on any atom is -0.454 e. The molecule has 4 amide bonds. The Labute approximate surface area is 179 Å². The molecule has 1 aliphatic heterocycles. The third-order valence-electron chi connectivity index (χ3n) is 5.62. The van der Waals surface area contributed by atoms with Crippen LogP contribution in [0.5, 0.6) is 0 Å². The molecule has 31 heavy (non-hydrogen) atoms. The number of hydrogen-bond donors (Lipinski definition) is 2. The van der Waals surface area contributed by atoms with E-state index < -0.39 is 42.5 Å². The minimum absolute atomic E-state index is 0.101. The average molecular weight is 421 g/mol. The average Bonchev–Trinajstić information content (AvgIpc) is 3.60. The molecule has 8 heteroatoms. The van der Waals surface area contributed by atoms with Crippen LogP contribution in [-0.4, -0.2) is 47.4 Å². The van der Waals surface area contributed by atoms with E-state index in [1.54, 1.807) is 19.1 Å². The lowest BCUT2D eigenvalue weighted by molar-refractivity contribution is -0.150. The molecule has 0 aromatic heterocycles. The predicted octanol–water partition coefficient (Wildman–Crippen LogP) is 2.56. The van der Waals surface area contributed by atoms with Crippen LogP contribution in [0.4, 0.5) is 10.5 Å². The lowest BCUT2D eigenvalue weighted by atomic mass is 9.96. The molecule has 2 aromatic rings. The number of benzene rings is 2. The van der Waals surface area contributed by atoms with E-state index in [2.05, 4.69) is 10.6 Å². The first kappa shape index (κ1) is 20.6. The molecule has 1 heterocycles. The molecule has 1 saturated heterocycles. The zero-order valence-corrected chi connectivity index (χ0v) is 17.1. The van der Waals surface area contributed by atoms with Crippen LogP contribution in [-0.2, 0) is 19.1 Å². The van der Waals surface area contributed by atoms with E-state index in [4.69, 9.17) is 4.74 Å². The van der Waals surface area contributed by atoms with Crippen molar-refractivity contribution in [2.75, 3.05) is 18.5 Å². The largest absolute Gasteiger partial charge is 0.454 e. The van der Waals surface area contributed by atoms with Gasteiger partial charge in [0.25, 0.3) is 11.8 Å². The zero-order chi connectivity index (χ0) is 22.0. The minimum atomic E-state index is -0.958. The summed E-state index contributed by atoms with van der Waals surface area (Å²) in [5.74, 6) is -1.66. The Kier molecular flexibility index (Phi) is 5.46. The highest BCUT2D eigenvalue weighted by molar-refractivity contribution is 6.09. The summed E-state index contributed by atoms with van der Waals surface area (Å²) in [6, 6.07) is 16.5. The molecule has 4 rings (SSSR count). The van der Waals surface area contributed by atoms with Crippen molar-refractivity contribution in [2.45, 2.75) is 25.3 Å². The van der Waals surface area contributed by atoms with Gasteiger partial charge in [-0.1, -0.05) is 42.5 Å². The lowest BCUT2D eigenvalue weighted by Crippen LogP contribution is -2.46. The van der Waals surface area contributed by atoms with Crippen LogP contribution in [0, 0.1) is 5.92 Å². The molecule has 2 aromatic carbocycles. The van der Waals surface area contributed by atoms with E-state index in [0.717, 1.165) is 28.9 Å². The summed E-state index contributed by atoms with van der Waals surface area (Å²) in [6.07, 6.45) is 1.74. The fourth-order valence-corrected chi connectivity index (χ4v) is 3.69. The lowest BCUT2D eigenvalue weighted by Gasteiger charge is -2.20. The number of nitrogens with zero attached hydrogens (tertiary/aromatic N) is 1. The maximum Gasteiger partial charge on any atom is 0.326 e. The Hall–Kier alpha value is -3.68. The van der Waals surface area contributed by atoms with Gasteiger partial charge in [0.2, 0.25) is 0 Å². The number of carbonyl (C=O) groups excluding carboxylic acids is 4. The first-order valence-electron chi connectivity index (χ1n) is 10.1. The van der Waals surface area contributed by atoms with Crippen LogP contribution < -0.4 is 10.6 Å². The topological polar surface area (TPSA) is 105 Å². The van der Waals surface area contributed by atoms with Crippen molar-refractivity contribution in [1.82, 2.24) is 10.2 Å². The number of hydrogen-bond acceptors (Lipinski definition) is 5. The summed E-state index contributed by atoms with van der Waals surface area (Å²) in [5, 5.41) is 5.31. The second-order valence-corrected chi connectivity index (χ2v) is 7.95. The zero-order valence-electron chi connectivity index (χ0n) is 17.1. The molecule has 0 bridgehead atoms. The van der Waals surface area contributed by atoms with Gasteiger partial charge >= 0.3 is 12.0 Å². The van der Waals surface area contributed by atoms with Crippen LogP contribution >= 0.6 is 0 Å². The number of amides is 4. The van der Waals surface area contributed by atoms with E-state index in [0.29, 0.717) is 5.69 Å². The highest BCUT2D eigenvalue weighted by Gasteiger charge is 2.56. The van der Waals surface area contributed by atoms with E-state index in [-0.39, 0.29) is 5.92 Å². The Bertz CT molecular complexity index is 1020. The van der Waals surface area contributed by atoms with Gasteiger partial charge in [0.15, 0.2) is 6.61 Å². The molecular weight excluding hydrogens is 398 g/mol. The summed E-state index contributed by atoms with van der Waals surface area (Å²) >= 11 is 0. The Balaban J connectivity index is 1.26. The fraction of sp³-hybridized carbons (Fsp3) is 0.304. The van der Waals surface area contributed by atoms with Crippen molar-refractivity contribution in [1.29, 1.82) is 0 Å². The number of carbonyl (C=O) groups is 4. The highest BCUT2D eigenvalue weighted by atomic mass is 16.5. The number of esters is 1. The van der Waals surface area contributed by atoms with Gasteiger partial charge in [-0.25, -0.2) is 4.79 Å². The van der Waals surface area contributed by atoms with Gasteiger partial charge < -0.3 is 15.4 Å². The summed E-state index contributed by atoms with van der Waals surface area (Å²) in [5.41, 5.74) is 1.68. The van der Waals surface area contributed by atoms with Crippen LogP contribution in [0.1, 0.15) is 19.8 Å². The van der Waals surface area contributed by atoms with Crippen molar-refractivity contribution in [3.63, 3.8) is 0 Å². The summed E-state index contributed by atoms with van der Waals surface area (Å²) < 4.78 is 4.95. The maximum absolute atomic E-state index is 12.5. The molecule has 8 nitrogen and oxygen atoms in total. The van der Waals surface area contributed by atoms with Gasteiger partial charge in [-0.2, -0.15) is 0 Å². The van der Waals surface area contributed by atoms with Gasteiger partial charge in [-0.3, -0.25) is 19.3 Å². The number of anilines is 1. The third-order valence-corrected chi connectivity index (χ3v) is 5.62. The summed E-state index contributed by atoms with van der Waals surface area (Å²) in [4.78, 5) is 49.6. The van der Waals surface area contributed by atoms with Crippen LogP contribution in [0.25, 0.3) is 11.1 Å². The van der Waals surface area contributed by atoms with Crippen molar-refractivity contribution in [2.24, 2.45) is 5.92 Å². The van der Waals surface area contributed by atoms with E-state index in [9.17, 15) is 19.2 Å². The first-order chi connectivity index (χ1) is 14.9. The molecule has 1 saturated carbocycles. The van der Waals surface area contributed by atoms with Crippen LogP contribution in [0.2, 0.25) is 0 Å². The fourth-order valence-electron chi connectivity index (χ4n) is 3.69. The molecule has 0 spiro atoms. The van der Waals surface area contributed by atoms with E-state index >= 15 is 0 Å². The van der Waals surface area contributed by atoms with Gasteiger partial charge in [0.1, 0.15) is 12.1 Å². The highest BCUT2D eigenvalue weighted by Crippen LogP contribution is 2.42. The number of nitrogens with one attached hydrogen (secondary N) is 2. The van der Waals surface area contributed by atoms with Gasteiger partial charge in [-0.15, -0.1) is 0 Å². The van der Waals surface area contributed by atoms with Crippen molar-refractivity contribution in [3.05, 3.63) is 54.6 Å². The third kappa shape index (κ3) is 4.42. The second-order valence-electron chi connectivity index (χ2n) is 7.95. The normalized spacial score (nSPS) is 20.4. The molecule has 2 fully saturated rings. The van der Waals surface area contributed by atoms with Crippen LogP contribution in [0.15, 0.2) is 54.6 Å². The predicted molar refractivity (Wildman–Crippen MR) is 113 cm³/mol. The summed E-state index contributed by atoms with van der Waals surface area (Å²) in [6.45, 7) is 0.640. The van der Waals surface area contributed by atoms with Gasteiger partial charge in [0, 0.05) is 5.69 Å².